The van der Waals surface area contributed by atoms with Crippen LogP contribution >= 0.6 is 27.5 Å². The molecule has 112 valence electrons. The summed E-state index contributed by atoms with van der Waals surface area (Å²) in [6, 6.07) is 8.25. The minimum Gasteiger partial charge on any atom is -0.383 e. The second-order valence-electron chi connectivity index (χ2n) is 4.12. The highest BCUT2D eigenvalue weighted by Crippen LogP contribution is 2.29. The molecule has 0 radical (unpaired) electrons. The second kappa shape index (κ2) is 6.64. The molecule has 0 aliphatic heterocycles. The fraction of sp³-hybridized carbons (Fsp3) is 0.154. The van der Waals surface area contributed by atoms with Gasteiger partial charge in [-0.1, -0.05) is 27.5 Å². The Morgan fingerprint density at radius 1 is 1.29 bits per heavy atom. The van der Waals surface area contributed by atoms with Gasteiger partial charge in [-0.2, -0.15) is 8.42 Å². The van der Waals surface area contributed by atoms with E-state index < -0.39 is 10.0 Å². The van der Waals surface area contributed by atoms with Crippen molar-refractivity contribution < 1.29 is 8.42 Å². The predicted octanol–water partition coefficient (Wildman–Crippen LogP) is 3.73. The van der Waals surface area contributed by atoms with Gasteiger partial charge in [0, 0.05) is 17.2 Å². The molecule has 5 nitrogen and oxygen atoms in total. The normalized spacial score (nSPS) is 11.2. The van der Waals surface area contributed by atoms with Crippen LogP contribution in [0.1, 0.15) is 6.92 Å². The van der Waals surface area contributed by atoms with Crippen LogP contribution < -0.4 is 10.0 Å². The van der Waals surface area contributed by atoms with Gasteiger partial charge in [0.05, 0.1) is 16.4 Å². The number of nitrogens with zero attached hydrogens (tertiary/aromatic N) is 1. The molecule has 0 fully saturated rings. The molecule has 2 N–H and O–H groups in total. The number of sulfonamides is 1. The molecule has 0 spiro atoms. The van der Waals surface area contributed by atoms with Gasteiger partial charge in [-0.3, -0.25) is 4.72 Å². The molecule has 0 aliphatic rings. The molecule has 8 heteroatoms. The molecule has 0 atom stereocenters. The standard InChI is InChI=1S/C13H13BrClN3O2S/c1-2-16-11-4-3-7-17-13(11)21(19,20)18-12-8-9(14)5-6-10(12)15/h3-8,16,18H,2H2,1H3. The van der Waals surface area contributed by atoms with Gasteiger partial charge in [-0.15, -0.1) is 0 Å². The Hall–Kier alpha value is -1.31. The molecule has 0 amide bonds. The Kier molecular flexibility index (Phi) is 5.08. The fourth-order valence-corrected chi connectivity index (χ4v) is 3.47. The van der Waals surface area contributed by atoms with E-state index in [1.807, 2.05) is 6.92 Å². The van der Waals surface area contributed by atoms with Crippen LogP contribution in [0.2, 0.25) is 5.02 Å². The number of aromatic nitrogens is 1. The van der Waals surface area contributed by atoms with Crippen LogP contribution in [0.4, 0.5) is 11.4 Å². The van der Waals surface area contributed by atoms with Crippen LogP contribution in [0.3, 0.4) is 0 Å². The molecule has 21 heavy (non-hydrogen) atoms. The van der Waals surface area contributed by atoms with Crippen molar-refractivity contribution >= 4 is 48.9 Å². The highest BCUT2D eigenvalue weighted by Gasteiger charge is 2.21. The van der Waals surface area contributed by atoms with Crippen LogP contribution in [-0.4, -0.2) is 19.9 Å². The fourth-order valence-electron chi connectivity index (χ4n) is 1.70. The Bertz CT molecular complexity index is 753. The van der Waals surface area contributed by atoms with E-state index in [0.29, 0.717) is 22.9 Å². The summed E-state index contributed by atoms with van der Waals surface area (Å²) in [4.78, 5) is 3.95. The monoisotopic (exact) mass is 389 g/mol. The first-order chi connectivity index (χ1) is 9.94. The van der Waals surface area contributed by atoms with Crippen molar-refractivity contribution in [1.82, 2.24) is 4.98 Å². The summed E-state index contributed by atoms with van der Waals surface area (Å²) in [5.74, 6) is 0. The minimum absolute atomic E-state index is 0.0668. The zero-order valence-electron chi connectivity index (χ0n) is 11.1. The highest BCUT2D eigenvalue weighted by molar-refractivity contribution is 9.10. The van der Waals surface area contributed by atoms with Crippen molar-refractivity contribution in [3.63, 3.8) is 0 Å². The van der Waals surface area contributed by atoms with Gasteiger partial charge >= 0.3 is 0 Å². The zero-order valence-corrected chi connectivity index (χ0v) is 14.3. The summed E-state index contributed by atoms with van der Waals surface area (Å²) < 4.78 is 28.1. The quantitative estimate of drug-likeness (QED) is 0.816. The average molecular weight is 391 g/mol. The van der Waals surface area contributed by atoms with E-state index in [-0.39, 0.29) is 5.03 Å². The van der Waals surface area contributed by atoms with E-state index in [0.717, 1.165) is 4.47 Å². The van der Waals surface area contributed by atoms with Crippen LogP contribution in [0, 0.1) is 0 Å². The van der Waals surface area contributed by atoms with E-state index in [4.69, 9.17) is 11.6 Å². The van der Waals surface area contributed by atoms with Gasteiger partial charge in [0.25, 0.3) is 10.0 Å². The van der Waals surface area contributed by atoms with E-state index in [1.165, 1.54) is 6.20 Å². The first-order valence-corrected chi connectivity index (χ1v) is 8.76. The summed E-state index contributed by atoms with van der Waals surface area (Å²) in [6.07, 6.45) is 1.43. The van der Waals surface area contributed by atoms with Crippen molar-refractivity contribution in [2.45, 2.75) is 11.9 Å². The Balaban J connectivity index is 2.41. The topological polar surface area (TPSA) is 71.1 Å². The van der Waals surface area contributed by atoms with Crippen LogP contribution in [0.25, 0.3) is 0 Å². The Morgan fingerprint density at radius 3 is 2.76 bits per heavy atom. The number of pyridine rings is 1. The average Bonchev–Trinajstić information content (AvgIpc) is 2.43. The summed E-state index contributed by atoms with van der Waals surface area (Å²) in [7, 11) is -3.83. The van der Waals surface area contributed by atoms with E-state index in [9.17, 15) is 8.42 Å². The van der Waals surface area contributed by atoms with E-state index >= 15 is 0 Å². The maximum absolute atomic E-state index is 12.5. The van der Waals surface area contributed by atoms with E-state index in [2.05, 4.69) is 31.0 Å². The van der Waals surface area contributed by atoms with Crippen LogP contribution in [-0.2, 0) is 10.0 Å². The molecule has 0 bridgehead atoms. The third kappa shape index (κ3) is 3.87. The van der Waals surface area contributed by atoms with Gasteiger partial charge in [0.15, 0.2) is 5.03 Å². The Labute approximate surface area is 136 Å². The van der Waals surface area contributed by atoms with Crippen LogP contribution in [0.15, 0.2) is 46.0 Å². The van der Waals surface area contributed by atoms with Crippen molar-refractivity contribution in [3.05, 3.63) is 46.0 Å². The van der Waals surface area contributed by atoms with Gasteiger partial charge in [-0.05, 0) is 37.3 Å². The second-order valence-corrected chi connectivity index (χ2v) is 7.04. The summed E-state index contributed by atoms with van der Waals surface area (Å²) in [5.41, 5.74) is 0.734. The molecular weight excluding hydrogens is 378 g/mol. The number of rotatable bonds is 5. The maximum Gasteiger partial charge on any atom is 0.281 e. The zero-order chi connectivity index (χ0) is 15.5. The van der Waals surface area contributed by atoms with Gasteiger partial charge in [0.2, 0.25) is 0 Å². The minimum atomic E-state index is -3.83. The number of hydrogen-bond acceptors (Lipinski definition) is 4. The first kappa shape index (κ1) is 16.1. The van der Waals surface area contributed by atoms with Crippen molar-refractivity contribution in [1.29, 1.82) is 0 Å². The lowest BCUT2D eigenvalue weighted by molar-refractivity contribution is 0.598. The lowest BCUT2D eigenvalue weighted by Crippen LogP contribution is -2.17. The van der Waals surface area contributed by atoms with Crippen LogP contribution in [0.5, 0.6) is 0 Å². The highest BCUT2D eigenvalue weighted by atomic mass is 79.9. The molecule has 0 unspecified atom stereocenters. The summed E-state index contributed by atoms with van der Waals surface area (Å²) in [6.45, 7) is 2.47. The van der Waals surface area contributed by atoms with Crippen molar-refractivity contribution in [3.8, 4) is 0 Å². The number of benzene rings is 1. The molecule has 1 heterocycles. The van der Waals surface area contributed by atoms with Crippen molar-refractivity contribution in [2.24, 2.45) is 0 Å². The number of anilines is 2. The first-order valence-electron chi connectivity index (χ1n) is 6.11. The van der Waals surface area contributed by atoms with Gasteiger partial charge < -0.3 is 5.32 Å². The largest absolute Gasteiger partial charge is 0.383 e. The molecule has 0 aliphatic carbocycles. The SMILES string of the molecule is CCNc1cccnc1S(=O)(=O)Nc1cc(Br)ccc1Cl. The predicted molar refractivity (Wildman–Crippen MR) is 88.4 cm³/mol. The molecule has 0 saturated heterocycles. The molecule has 2 rings (SSSR count). The summed E-state index contributed by atoms with van der Waals surface area (Å²) in [5, 5.41) is 3.21. The number of nitrogens with one attached hydrogen (secondary N) is 2. The van der Waals surface area contributed by atoms with E-state index in [1.54, 1.807) is 30.3 Å². The smallest absolute Gasteiger partial charge is 0.281 e. The third-order valence-corrected chi connectivity index (χ3v) is 4.71. The lowest BCUT2D eigenvalue weighted by atomic mass is 10.3. The molecular formula is C13H13BrClN3O2S. The Morgan fingerprint density at radius 2 is 2.05 bits per heavy atom. The molecule has 2 aromatic rings. The van der Waals surface area contributed by atoms with Gasteiger partial charge in [0.1, 0.15) is 0 Å². The van der Waals surface area contributed by atoms with Crippen molar-refractivity contribution in [2.75, 3.05) is 16.6 Å². The maximum atomic E-state index is 12.5. The molecule has 1 aromatic carbocycles. The molecule has 0 saturated carbocycles. The molecule has 1 aromatic heterocycles. The lowest BCUT2D eigenvalue weighted by Gasteiger charge is -2.13. The third-order valence-electron chi connectivity index (χ3n) is 2.57. The number of halogens is 2. The van der Waals surface area contributed by atoms with Gasteiger partial charge in [-0.25, -0.2) is 4.98 Å². The number of hydrogen-bond donors (Lipinski definition) is 2. The summed E-state index contributed by atoms with van der Waals surface area (Å²) >= 11 is 9.28.